The van der Waals surface area contributed by atoms with Gasteiger partial charge in [-0.25, -0.2) is 12.8 Å². The molecule has 6 nitrogen and oxygen atoms in total. The lowest BCUT2D eigenvalue weighted by molar-refractivity contribution is -0.134. The second kappa shape index (κ2) is 6.54. The molecule has 2 heterocycles. The Morgan fingerprint density at radius 2 is 1.78 bits per heavy atom. The van der Waals surface area contributed by atoms with E-state index in [0.717, 1.165) is 31.5 Å². The second-order valence-corrected chi connectivity index (χ2v) is 7.77. The number of rotatable bonds is 3. The maximum absolute atomic E-state index is 12.9. The minimum atomic E-state index is -3.63. The Labute approximate surface area is 135 Å². The van der Waals surface area contributed by atoms with Crippen molar-refractivity contribution in [2.24, 2.45) is 0 Å². The van der Waals surface area contributed by atoms with Gasteiger partial charge in [-0.1, -0.05) is 0 Å². The standard InChI is InChI=1S/C15H20FN3O3S/c16-12-3-5-13(6-4-12)23(21,22)19-10-8-18(9-11-19)15(20)14-2-1-7-17-14/h3-6,14,17H,1-2,7-11H2. The van der Waals surface area contributed by atoms with Crippen molar-refractivity contribution in [3.8, 4) is 0 Å². The number of carbonyl (C=O) groups excluding carboxylic acids is 1. The predicted molar refractivity (Wildman–Crippen MR) is 82.8 cm³/mol. The van der Waals surface area contributed by atoms with Crippen LogP contribution in [0.1, 0.15) is 12.8 Å². The average molecular weight is 341 g/mol. The third kappa shape index (κ3) is 3.39. The first-order chi connectivity index (χ1) is 11.0. The SMILES string of the molecule is O=C(C1CCCN1)N1CCN(S(=O)(=O)c2ccc(F)cc2)CC1. The van der Waals surface area contributed by atoms with Crippen molar-refractivity contribution in [2.75, 3.05) is 32.7 Å². The summed E-state index contributed by atoms with van der Waals surface area (Å²) in [4.78, 5) is 14.1. The molecule has 2 fully saturated rings. The molecule has 0 aromatic heterocycles. The van der Waals surface area contributed by atoms with E-state index in [2.05, 4.69) is 5.32 Å². The van der Waals surface area contributed by atoms with E-state index in [1.807, 2.05) is 0 Å². The zero-order valence-corrected chi connectivity index (χ0v) is 13.6. The Balaban J connectivity index is 1.64. The lowest BCUT2D eigenvalue weighted by Crippen LogP contribution is -2.54. The largest absolute Gasteiger partial charge is 0.339 e. The van der Waals surface area contributed by atoms with Gasteiger partial charge in [-0.2, -0.15) is 4.31 Å². The number of sulfonamides is 1. The first kappa shape index (κ1) is 16.4. The van der Waals surface area contributed by atoms with Crippen LogP contribution in [0.15, 0.2) is 29.2 Å². The maximum atomic E-state index is 12.9. The minimum Gasteiger partial charge on any atom is -0.339 e. The summed E-state index contributed by atoms with van der Waals surface area (Å²) >= 11 is 0. The van der Waals surface area contributed by atoms with Crippen LogP contribution in [0.3, 0.4) is 0 Å². The van der Waals surface area contributed by atoms with Gasteiger partial charge in [-0.15, -0.1) is 0 Å². The van der Waals surface area contributed by atoms with Crippen molar-refractivity contribution >= 4 is 15.9 Å². The third-order valence-corrected chi connectivity index (χ3v) is 6.27. The fourth-order valence-corrected chi connectivity index (χ4v) is 4.44. The van der Waals surface area contributed by atoms with E-state index in [4.69, 9.17) is 0 Å². The van der Waals surface area contributed by atoms with E-state index >= 15 is 0 Å². The molecule has 0 bridgehead atoms. The zero-order chi connectivity index (χ0) is 16.4. The molecule has 1 aromatic rings. The molecule has 0 aliphatic carbocycles. The molecule has 3 rings (SSSR count). The molecule has 2 aliphatic rings. The van der Waals surface area contributed by atoms with Crippen molar-refractivity contribution in [3.63, 3.8) is 0 Å². The Morgan fingerprint density at radius 1 is 1.13 bits per heavy atom. The van der Waals surface area contributed by atoms with Crippen molar-refractivity contribution in [2.45, 2.75) is 23.8 Å². The molecule has 8 heteroatoms. The van der Waals surface area contributed by atoms with Gasteiger partial charge in [0.25, 0.3) is 0 Å². The summed E-state index contributed by atoms with van der Waals surface area (Å²) in [5.74, 6) is -0.412. The number of nitrogens with one attached hydrogen (secondary N) is 1. The van der Waals surface area contributed by atoms with Crippen LogP contribution < -0.4 is 5.32 Å². The highest BCUT2D eigenvalue weighted by molar-refractivity contribution is 7.89. The fraction of sp³-hybridized carbons (Fsp3) is 0.533. The van der Waals surface area contributed by atoms with Crippen molar-refractivity contribution in [3.05, 3.63) is 30.1 Å². The van der Waals surface area contributed by atoms with Gasteiger partial charge in [-0.05, 0) is 43.7 Å². The molecule has 126 valence electrons. The summed E-state index contributed by atoms with van der Waals surface area (Å²) in [5.41, 5.74) is 0. The van der Waals surface area contributed by atoms with Crippen LogP contribution in [0.4, 0.5) is 4.39 Å². The molecule has 2 aliphatic heterocycles. The first-order valence-electron chi connectivity index (χ1n) is 7.76. The lowest BCUT2D eigenvalue weighted by Gasteiger charge is -2.35. The molecule has 2 saturated heterocycles. The summed E-state index contributed by atoms with van der Waals surface area (Å²) in [6.07, 6.45) is 1.84. The minimum absolute atomic E-state index is 0.0568. The number of hydrogen-bond donors (Lipinski definition) is 1. The summed E-state index contributed by atoms with van der Waals surface area (Å²) < 4.78 is 39.3. The number of halogens is 1. The molecule has 0 radical (unpaired) electrons. The van der Waals surface area contributed by atoms with Gasteiger partial charge in [0.15, 0.2) is 0 Å². The number of carbonyl (C=O) groups is 1. The highest BCUT2D eigenvalue weighted by Crippen LogP contribution is 2.19. The van der Waals surface area contributed by atoms with Crippen molar-refractivity contribution < 1.29 is 17.6 Å². The Bertz CT molecular complexity index is 664. The van der Waals surface area contributed by atoms with Gasteiger partial charge in [0.05, 0.1) is 10.9 Å². The van der Waals surface area contributed by atoms with Crippen LogP contribution >= 0.6 is 0 Å². The predicted octanol–water partition coefficient (Wildman–Crippen LogP) is 0.411. The zero-order valence-electron chi connectivity index (χ0n) is 12.7. The van der Waals surface area contributed by atoms with Gasteiger partial charge in [0.2, 0.25) is 15.9 Å². The van der Waals surface area contributed by atoms with Crippen molar-refractivity contribution in [1.82, 2.24) is 14.5 Å². The van der Waals surface area contributed by atoms with Crippen LogP contribution in [0.2, 0.25) is 0 Å². The number of piperazine rings is 1. The first-order valence-corrected chi connectivity index (χ1v) is 9.20. The number of hydrogen-bond acceptors (Lipinski definition) is 4. The lowest BCUT2D eigenvalue weighted by atomic mass is 10.2. The molecule has 1 aromatic carbocycles. The Morgan fingerprint density at radius 3 is 2.35 bits per heavy atom. The molecule has 1 atom stereocenters. The number of benzene rings is 1. The van der Waals surface area contributed by atoms with Crippen LogP contribution in [0.25, 0.3) is 0 Å². The molecule has 1 N–H and O–H groups in total. The van der Waals surface area contributed by atoms with Crippen LogP contribution in [0.5, 0.6) is 0 Å². The highest BCUT2D eigenvalue weighted by Gasteiger charge is 2.33. The third-order valence-electron chi connectivity index (χ3n) is 4.36. The van der Waals surface area contributed by atoms with Crippen LogP contribution in [-0.2, 0) is 14.8 Å². The van der Waals surface area contributed by atoms with E-state index in [0.29, 0.717) is 13.1 Å². The molecule has 1 amide bonds. The van der Waals surface area contributed by atoms with E-state index in [9.17, 15) is 17.6 Å². The highest BCUT2D eigenvalue weighted by atomic mass is 32.2. The van der Waals surface area contributed by atoms with Crippen LogP contribution in [0, 0.1) is 5.82 Å². The van der Waals surface area contributed by atoms with Gasteiger partial charge in [0, 0.05) is 26.2 Å². The Kier molecular flexibility index (Phi) is 4.65. The summed E-state index contributed by atoms with van der Waals surface area (Å²) in [7, 11) is -3.63. The smallest absolute Gasteiger partial charge is 0.243 e. The molecule has 0 saturated carbocycles. The monoisotopic (exact) mass is 341 g/mol. The van der Waals surface area contributed by atoms with E-state index < -0.39 is 15.8 Å². The average Bonchev–Trinajstić information content (AvgIpc) is 3.09. The summed E-state index contributed by atoms with van der Waals surface area (Å²) in [6, 6.07) is 4.68. The molecular weight excluding hydrogens is 321 g/mol. The molecule has 1 unspecified atom stereocenters. The van der Waals surface area contributed by atoms with Gasteiger partial charge in [0.1, 0.15) is 5.82 Å². The second-order valence-electron chi connectivity index (χ2n) is 5.83. The van der Waals surface area contributed by atoms with Gasteiger partial charge >= 0.3 is 0 Å². The number of amides is 1. The normalized spacial score (nSPS) is 23.2. The van der Waals surface area contributed by atoms with E-state index in [-0.39, 0.29) is 29.9 Å². The summed E-state index contributed by atoms with van der Waals surface area (Å²) in [6.45, 7) is 2.15. The Hall–Kier alpha value is -1.51. The fourth-order valence-electron chi connectivity index (χ4n) is 3.02. The van der Waals surface area contributed by atoms with E-state index in [1.165, 1.54) is 16.4 Å². The summed E-state index contributed by atoms with van der Waals surface area (Å²) in [5, 5.41) is 3.17. The van der Waals surface area contributed by atoms with Crippen LogP contribution in [-0.4, -0.2) is 62.3 Å². The van der Waals surface area contributed by atoms with E-state index in [1.54, 1.807) is 4.90 Å². The molecule has 0 spiro atoms. The maximum Gasteiger partial charge on any atom is 0.243 e. The molecular formula is C15H20FN3O3S. The number of nitrogens with zero attached hydrogens (tertiary/aromatic N) is 2. The molecule has 23 heavy (non-hydrogen) atoms. The van der Waals surface area contributed by atoms with Gasteiger partial charge < -0.3 is 10.2 Å². The topological polar surface area (TPSA) is 69.7 Å². The van der Waals surface area contributed by atoms with Crippen molar-refractivity contribution in [1.29, 1.82) is 0 Å². The quantitative estimate of drug-likeness (QED) is 0.865. The van der Waals surface area contributed by atoms with Gasteiger partial charge in [-0.3, -0.25) is 4.79 Å².